The van der Waals surface area contributed by atoms with Gasteiger partial charge >= 0.3 is 0 Å². The van der Waals surface area contributed by atoms with E-state index in [0.29, 0.717) is 5.02 Å². The highest BCUT2D eigenvalue weighted by atomic mass is 35.5. The molecule has 1 atom stereocenters. The molecule has 112 valence electrons. The van der Waals surface area contributed by atoms with Gasteiger partial charge in [-0.25, -0.2) is 4.39 Å². The van der Waals surface area contributed by atoms with E-state index in [1.165, 1.54) is 17.7 Å². The third-order valence-corrected chi connectivity index (χ3v) is 3.59. The van der Waals surface area contributed by atoms with E-state index in [9.17, 15) is 4.39 Å². The summed E-state index contributed by atoms with van der Waals surface area (Å²) < 4.78 is 13.2. The fourth-order valence-corrected chi connectivity index (χ4v) is 2.57. The van der Waals surface area contributed by atoms with Gasteiger partial charge in [0.25, 0.3) is 0 Å². The van der Waals surface area contributed by atoms with Crippen LogP contribution in [0.2, 0.25) is 5.02 Å². The first-order valence-corrected chi connectivity index (χ1v) is 7.49. The Hall–Kier alpha value is -1.54. The summed E-state index contributed by atoms with van der Waals surface area (Å²) in [5.41, 5.74) is 2.13. The minimum Gasteiger partial charge on any atom is -0.377 e. The van der Waals surface area contributed by atoms with Crippen LogP contribution in [-0.4, -0.2) is 0 Å². The molecule has 0 heterocycles. The zero-order valence-electron chi connectivity index (χ0n) is 12.7. The Morgan fingerprint density at radius 3 is 2.33 bits per heavy atom. The fraction of sp³-hybridized carbons (Fsp3) is 0.333. The summed E-state index contributed by atoms with van der Waals surface area (Å²) in [5, 5.41) is 3.86. The quantitative estimate of drug-likeness (QED) is 0.723. The Kier molecular flexibility index (Phi) is 4.89. The highest BCUT2D eigenvalue weighted by molar-refractivity contribution is 6.33. The Bertz CT molecular complexity index is 590. The molecule has 0 aliphatic rings. The lowest BCUT2D eigenvalue weighted by Gasteiger charge is -2.28. The molecule has 1 unspecified atom stereocenters. The minimum absolute atomic E-state index is 0.133. The highest BCUT2D eigenvalue weighted by Crippen LogP contribution is 2.34. The number of rotatable bonds is 4. The summed E-state index contributed by atoms with van der Waals surface area (Å²) >= 11 is 6.13. The molecule has 0 amide bonds. The van der Waals surface area contributed by atoms with E-state index >= 15 is 0 Å². The van der Waals surface area contributed by atoms with Gasteiger partial charge in [0.1, 0.15) is 5.82 Å². The second kappa shape index (κ2) is 6.48. The average Bonchev–Trinajstić information content (AvgIpc) is 2.40. The van der Waals surface area contributed by atoms with Crippen molar-refractivity contribution in [3.8, 4) is 0 Å². The number of hydrogen-bond donors (Lipinski definition) is 1. The van der Waals surface area contributed by atoms with Gasteiger partial charge in [-0.3, -0.25) is 0 Å². The molecular formula is C18H21ClFN. The third kappa shape index (κ3) is 4.75. The van der Waals surface area contributed by atoms with Crippen LogP contribution in [0.25, 0.3) is 0 Å². The number of halogens is 2. The minimum atomic E-state index is -0.322. The first kappa shape index (κ1) is 15.8. The highest BCUT2D eigenvalue weighted by Gasteiger charge is 2.20. The molecule has 1 N–H and O–H groups in total. The lowest BCUT2D eigenvalue weighted by atomic mass is 9.85. The molecule has 0 saturated heterocycles. The van der Waals surface area contributed by atoms with Crippen LogP contribution in [0.3, 0.4) is 0 Å². The van der Waals surface area contributed by atoms with E-state index in [0.717, 1.165) is 12.1 Å². The van der Waals surface area contributed by atoms with Crippen LogP contribution in [0, 0.1) is 11.2 Å². The summed E-state index contributed by atoms with van der Waals surface area (Å²) in [4.78, 5) is 0. The maximum atomic E-state index is 13.2. The molecule has 0 spiro atoms. The third-order valence-electron chi connectivity index (χ3n) is 3.28. The summed E-state index contributed by atoms with van der Waals surface area (Å²) in [6.07, 6.45) is 0.949. The van der Waals surface area contributed by atoms with E-state index in [1.807, 2.05) is 18.2 Å². The summed E-state index contributed by atoms with van der Waals surface area (Å²) in [7, 11) is 0. The second-order valence-electron chi connectivity index (χ2n) is 6.50. The predicted molar refractivity (Wildman–Crippen MR) is 88.3 cm³/mol. The normalized spacial score (nSPS) is 13.0. The van der Waals surface area contributed by atoms with Crippen molar-refractivity contribution < 1.29 is 4.39 Å². The zero-order chi connectivity index (χ0) is 15.5. The van der Waals surface area contributed by atoms with Gasteiger partial charge in [0, 0.05) is 0 Å². The van der Waals surface area contributed by atoms with Crippen LogP contribution in [-0.2, 0) is 0 Å². The van der Waals surface area contributed by atoms with Gasteiger partial charge in [0.15, 0.2) is 0 Å². The van der Waals surface area contributed by atoms with Crippen LogP contribution in [0.5, 0.6) is 0 Å². The Morgan fingerprint density at radius 2 is 1.76 bits per heavy atom. The Labute approximate surface area is 131 Å². The largest absolute Gasteiger partial charge is 0.377 e. The van der Waals surface area contributed by atoms with Crippen LogP contribution in [0.1, 0.15) is 38.8 Å². The zero-order valence-corrected chi connectivity index (χ0v) is 13.4. The van der Waals surface area contributed by atoms with Gasteiger partial charge in [0.2, 0.25) is 0 Å². The molecule has 0 aromatic heterocycles. The molecule has 0 fully saturated rings. The molecule has 0 aliphatic carbocycles. The maximum absolute atomic E-state index is 13.2. The molecule has 0 bridgehead atoms. The van der Waals surface area contributed by atoms with E-state index in [2.05, 4.69) is 38.2 Å². The van der Waals surface area contributed by atoms with Crippen molar-refractivity contribution in [2.45, 2.75) is 33.2 Å². The van der Waals surface area contributed by atoms with Gasteiger partial charge in [-0.1, -0.05) is 62.7 Å². The number of hydrogen-bond acceptors (Lipinski definition) is 1. The molecule has 2 aromatic rings. The molecule has 3 heteroatoms. The van der Waals surface area contributed by atoms with E-state index in [1.54, 1.807) is 6.07 Å². The van der Waals surface area contributed by atoms with Gasteiger partial charge in [0.05, 0.1) is 16.8 Å². The van der Waals surface area contributed by atoms with Crippen LogP contribution >= 0.6 is 11.6 Å². The Balaban J connectivity index is 2.28. The van der Waals surface area contributed by atoms with Crippen molar-refractivity contribution in [3.05, 3.63) is 64.9 Å². The predicted octanol–water partition coefficient (Wildman–Crippen LogP) is 6.07. The summed E-state index contributed by atoms with van der Waals surface area (Å²) in [5.74, 6) is -0.322. The lowest BCUT2D eigenvalue weighted by molar-refractivity contribution is 0.352. The van der Waals surface area contributed by atoms with E-state index < -0.39 is 0 Å². The van der Waals surface area contributed by atoms with Gasteiger partial charge in [-0.2, -0.15) is 0 Å². The van der Waals surface area contributed by atoms with Crippen molar-refractivity contribution in [1.82, 2.24) is 0 Å². The topological polar surface area (TPSA) is 12.0 Å². The van der Waals surface area contributed by atoms with E-state index in [-0.39, 0.29) is 17.3 Å². The van der Waals surface area contributed by atoms with E-state index in [4.69, 9.17) is 11.6 Å². The van der Waals surface area contributed by atoms with Crippen molar-refractivity contribution in [1.29, 1.82) is 0 Å². The number of benzene rings is 2. The van der Waals surface area contributed by atoms with Gasteiger partial charge in [-0.05, 0) is 35.6 Å². The summed E-state index contributed by atoms with van der Waals surface area (Å²) in [6, 6.07) is 14.8. The monoisotopic (exact) mass is 305 g/mol. The molecular weight excluding hydrogens is 285 g/mol. The average molecular weight is 306 g/mol. The van der Waals surface area contributed by atoms with Crippen molar-refractivity contribution in [2.75, 3.05) is 5.32 Å². The van der Waals surface area contributed by atoms with Gasteiger partial charge < -0.3 is 5.32 Å². The molecule has 0 saturated carbocycles. The summed E-state index contributed by atoms with van der Waals surface area (Å²) in [6.45, 7) is 6.62. The Morgan fingerprint density at radius 1 is 1.10 bits per heavy atom. The van der Waals surface area contributed by atoms with Crippen molar-refractivity contribution in [2.24, 2.45) is 5.41 Å². The van der Waals surface area contributed by atoms with Crippen LogP contribution < -0.4 is 5.32 Å². The SMILES string of the molecule is CC(C)(C)CC(Nc1ccc(F)cc1Cl)c1ccccc1. The molecule has 0 radical (unpaired) electrons. The molecule has 2 aromatic carbocycles. The number of anilines is 1. The first-order chi connectivity index (χ1) is 9.85. The van der Waals surface area contributed by atoms with Crippen molar-refractivity contribution in [3.63, 3.8) is 0 Å². The van der Waals surface area contributed by atoms with Crippen LogP contribution in [0.4, 0.5) is 10.1 Å². The number of nitrogens with one attached hydrogen (secondary N) is 1. The molecule has 1 nitrogen and oxygen atoms in total. The van der Waals surface area contributed by atoms with Crippen LogP contribution in [0.15, 0.2) is 48.5 Å². The van der Waals surface area contributed by atoms with Crippen molar-refractivity contribution >= 4 is 17.3 Å². The maximum Gasteiger partial charge on any atom is 0.124 e. The van der Waals surface area contributed by atoms with Gasteiger partial charge in [-0.15, -0.1) is 0 Å². The molecule has 2 rings (SSSR count). The standard InChI is InChI=1S/C18H21ClFN/c1-18(2,3)12-17(13-7-5-4-6-8-13)21-16-10-9-14(20)11-15(16)19/h4-11,17,21H,12H2,1-3H3. The molecule has 21 heavy (non-hydrogen) atoms. The first-order valence-electron chi connectivity index (χ1n) is 7.12. The molecule has 0 aliphatic heterocycles. The fourth-order valence-electron chi connectivity index (χ4n) is 2.34. The smallest absolute Gasteiger partial charge is 0.124 e. The second-order valence-corrected chi connectivity index (χ2v) is 6.90. The lowest BCUT2D eigenvalue weighted by Crippen LogP contribution is -2.18.